The van der Waals surface area contributed by atoms with Crippen molar-refractivity contribution in [3.05, 3.63) is 11.1 Å². The average molecular weight is 456 g/mol. The van der Waals surface area contributed by atoms with E-state index >= 15 is 0 Å². The summed E-state index contributed by atoms with van der Waals surface area (Å²) in [6.45, 7) is 12.6. The second-order valence-electron chi connectivity index (χ2n) is 13.0. The lowest BCUT2D eigenvalue weighted by Crippen LogP contribution is -2.46. The Kier molecular flexibility index (Phi) is 6.39. The summed E-state index contributed by atoms with van der Waals surface area (Å²) in [4.78, 5) is 14.8. The minimum Gasteiger partial charge on any atom is -0.370 e. The third-order valence-electron chi connectivity index (χ3n) is 11.2. The molecule has 6 aliphatic rings. The molecule has 33 heavy (non-hydrogen) atoms. The number of hydrogen-bond acceptors (Lipinski definition) is 3. The molecule has 0 aromatic carbocycles. The van der Waals surface area contributed by atoms with Crippen LogP contribution in [0.15, 0.2) is 11.1 Å². The maximum Gasteiger partial charge on any atom is 0.133 e. The quantitative estimate of drug-likeness (QED) is 0.376. The Morgan fingerprint density at radius 3 is 2.67 bits per heavy atom. The largest absolute Gasteiger partial charge is 0.370 e. The highest BCUT2D eigenvalue weighted by molar-refractivity contribution is 5.79. The van der Waals surface area contributed by atoms with E-state index in [-0.39, 0.29) is 5.60 Å². The Hall–Kier alpha value is -0.670. The maximum atomic E-state index is 12.2. The molecule has 6 rings (SSSR count). The summed E-state index contributed by atoms with van der Waals surface area (Å²) >= 11 is 0. The molecule has 3 heteroatoms. The van der Waals surface area contributed by atoms with E-state index in [4.69, 9.17) is 4.74 Å². The number of piperidine rings is 1. The van der Waals surface area contributed by atoms with E-state index in [0.29, 0.717) is 29.3 Å². The number of hydrogen-bond donors (Lipinski definition) is 0. The first-order valence-electron chi connectivity index (χ1n) is 14.4. The van der Waals surface area contributed by atoms with Crippen LogP contribution in [-0.2, 0) is 9.53 Å². The van der Waals surface area contributed by atoms with Gasteiger partial charge in [0.25, 0.3) is 0 Å². The van der Waals surface area contributed by atoms with Crippen molar-refractivity contribution in [2.24, 2.45) is 35.0 Å². The number of nitrogens with zero attached hydrogens (tertiary/aromatic N) is 1. The van der Waals surface area contributed by atoms with Crippen LogP contribution in [0, 0.1) is 35.0 Å². The Morgan fingerprint density at radius 1 is 1.09 bits per heavy atom. The summed E-state index contributed by atoms with van der Waals surface area (Å²) in [7, 11) is 2.32. The number of ether oxygens (including phenoxy) is 1. The molecule has 9 unspecified atom stereocenters. The van der Waals surface area contributed by atoms with Crippen molar-refractivity contribution >= 4 is 5.78 Å². The van der Waals surface area contributed by atoms with E-state index in [1.54, 1.807) is 5.57 Å². The molecule has 3 nitrogen and oxygen atoms in total. The van der Waals surface area contributed by atoms with Gasteiger partial charge in [0, 0.05) is 25.4 Å². The zero-order valence-electron chi connectivity index (χ0n) is 22.3. The number of Topliss-reactive ketones (excluding diaryl/α,β-unsaturated/α-hetero) is 1. The van der Waals surface area contributed by atoms with Gasteiger partial charge >= 0.3 is 0 Å². The number of allylic oxidation sites excluding steroid dienone is 1. The van der Waals surface area contributed by atoms with Crippen molar-refractivity contribution in [2.75, 3.05) is 13.6 Å². The standard InChI is InChI=1S/C28H43NO2.C2H6/c1-17-11-26-25(29(4)16-17)15-28(31-26)10-8-21-22-6-5-19-12-20(30)7-9-27(19,3)24(22)13-23(21)18(2)14-28;1-2/h17,19,21-22,24-26H,5-16H2,1-4H3;1-2H3. The van der Waals surface area contributed by atoms with E-state index in [1.807, 2.05) is 19.4 Å². The number of rotatable bonds is 0. The molecule has 3 saturated carbocycles. The number of fused-ring (bicyclic) bond motifs is 6. The minimum absolute atomic E-state index is 0.100. The zero-order chi connectivity index (χ0) is 23.5. The van der Waals surface area contributed by atoms with Gasteiger partial charge < -0.3 is 9.64 Å². The van der Waals surface area contributed by atoms with E-state index in [0.717, 1.165) is 42.9 Å². The molecule has 0 aromatic heterocycles. The molecular formula is C30H49NO2. The molecule has 0 bridgehead atoms. The molecule has 4 aliphatic carbocycles. The average Bonchev–Trinajstić information content (AvgIpc) is 3.30. The molecular weight excluding hydrogens is 406 g/mol. The Balaban J connectivity index is 0.00000111. The third-order valence-corrected chi connectivity index (χ3v) is 11.2. The van der Waals surface area contributed by atoms with Gasteiger partial charge in [0.05, 0.1) is 11.7 Å². The van der Waals surface area contributed by atoms with E-state index in [9.17, 15) is 4.79 Å². The van der Waals surface area contributed by atoms with Crippen LogP contribution in [0.4, 0.5) is 0 Å². The topological polar surface area (TPSA) is 29.5 Å². The molecule has 0 aromatic rings. The summed E-state index contributed by atoms with van der Waals surface area (Å²) in [5.74, 6) is 4.42. The van der Waals surface area contributed by atoms with Gasteiger partial charge in [-0.1, -0.05) is 38.8 Å². The first kappa shape index (κ1) is 24.0. The van der Waals surface area contributed by atoms with Crippen molar-refractivity contribution in [2.45, 2.75) is 123 Å². The number of likely N-dealkylation sites (N-methyl/N-ethyl adjacent to an activating group) is 1. The lowest BCUT2D eigenvalue weighted by atomic mass is 9.52. The monoisotopic (exact) mass is 455 g/mol. The van der Waals surface area contributed by atoms with Gasteiger partial charge in [-0.15, -0.1) is 0 Å². The van der Waals surface area contributed by atoms with Crippen molar-refractivity contribution < 1.29 is 9.53 Å². The van der Waals surface area contributed by atoms with Crippen molar-refractivity contribution in [1.29, 1.82) is 0 Å². The second-order valence-corrected chi connectivity index (χ2v) is 13.0. The molecule has 0 radical (unpaired) electrons. The van der Waals surface area contributed by atoms with Crippen molar-refractivity contribution in [3.63, 3.8) is 0 Å². The summed E-state index contributed by atoms with van der Waals surface area (Å²) in [5.41, 5.74) is 4.01. The number of ketones is 1. The predicted octanol–water partition coefficient (Wildman–Crippen LogP) is 6.80. The van der Waals surface area contributed by atoms with Crippen LogP contribution in [0.3, 0.4) is 0 Å². The smallest absolute Gasteiger partial charge is 0.133 e. The molecule has 2 heterocycles. The lowest BCUT2D eigenvalue weighted by molar-refractivity contribution is -0.129. The van der Waals surface area contributed by atoms with Crippen LogP contribution in [0.2, 0.25) is 0 Å². The van der Waals surface area contributed by atoms with Crippen LogP contribution in [0.1, 0.15) is 105 Å². The van der Waals surface area contributed by atoms with Gasteiger partial charge in [-0.2, -0.15) is 0 Å². The van der Waals surface area contributed by atoms with E-state index in [1.165, 1.54) is 57.9 Å². The summed E-state index contributed by atoms with van der Waals surface area (Å²) in [5, 5.41) is 0. The van der Waals surface area contributed by atoms with Crippen LogP contribution in [0.25, 0.3) is 0 Å². The van der Waals surface area contributed by atoms with Gasteiger partial charge in [-0.05, 0) is 107 Å². The summed E-state index contributed by atoms with van der Waals surface area (Å²) in [6.07, 6.45) is 13.5. The van der Waals surface area contributed by atoms with E-state index < -0.39 is 0 Å². The van der Waals surface area contributed by atoms with E-state index in [2.05, 4.69) is 32.7 Å². The molecule has 5 fully saturated rings. The highest BCUT2D eigenvalue weighted by Gasteiger charge is 2.58. The minimum atomic E-state index is 0.100. The highest BCUT2D eigenvalue weighted by Crippen LogP contribution is 2.64. The van der Waals surface area contributed by atoms with Gasteiger partial charge in [0.15, 0.2) is 0 Å². The Morgan fingerprint density at radius 2 is 1.88 bits per heavy atom. The van der Waals surface area contributed by atoms with Crippen LogP contribution < -0.4 is 0 Å². The lowest BCUT2D eigenvalue weighted by Gasteiger charge is -2.52. The third kappa shape index (κ3) is 3.88. The first-order chi connectivity index (χ1) is 15.8. The number of carbonyl (C=O) groups is 1. The molecule has 0 amide bonds. The fraction of sp³-hybridized carbons (Fsp3) is 0.900. The molecule has 186 valence electrons. The number of likely N-dealkylation sites (tertiary alicyclic amines) is 1. The first-order valence-corrected chi connectivity index (χ1v) is 14.4. The fourth-order valence-electron chi connectivity index (χ4n) is 9.70. The Bertz CT molecular complexity index is 803. The Labute approximate surface area is 203 Å². The second kappa shape index (κ2) is 8.77. The molecule has 2 aliphatic heterocycles. The van der Waals surface area contributed by atoms with Crippen molar-refractivity contribution in [1.82, 2.24) is 4.90 Å². The van der Waals surface area contributed by atoms with Crippen LogP contribution >= 0.6 is 0 Å². The van der Waals surface area contributed by atoms with Gasteiger partial charge in [0.1, 0.15) is 5.78 Å². The molecule has 1 spiro atoms. The van der Waals surface area contributed by atoms with Crippen LogP contribution in [-0.4, -0.2) is 42.0 Å². The summed E-state index contributed by atoms with van der Waals surface area (Å²) < 4.78 is 6.99. The maximum absolute atomic E-state index is 12.2. The molecule has 9 atom stereocenters. The molecule has 0 N–H and O–H groups in total. The van der Waals surface area contributed by atoms with Gasteiger partial charge in [0.2, 0.25) is 0 Å². The van der Waals surface area contributed by atoms with Crippen LogP contribution in [0.5, 0.6) is 0 Å². The van der Waals surface area contributed by atoms with Gasteiger partial charge in [-0.25, -0.2) is 0 Å². The highest BCUT2D eigenvalue weighted by atomic mass is 16.5. The normalized spacial score (nSPS) is 49.5. The summed E-state index contributed by atoms with van der Waals surface area (Å²) in [6, 6.07) is 0.633. The molecule has 2 saturated heterocycles. The zero-order valence-corrected chi connectivity index (χ0v) is 22.3. The predicted molar refractivity (Wildman–Crippen MR) is 135 cm³/mol. The van der Waals surface area contributed by atoms with Gasteiger partial charge in [-0.3, -0.25) is 4.79 Å². The number of carbonyl (C=O) groups excluding carboxylic acids is 1. The van der Waals surface area contributed by atoms with Crippen molar-refractivity contribution in [3.8, 4) is 0 Å². The fourth-order valence-corrected chi connectivity index (χ4v) is 9.70. The SMILES string of the molecule is CC.CC1=C2CC3C(CCC4CC(=O)CCC43C)C2CCC2(C1)CC1C(CC(C)CN1C)O2.